The molecule has 29 heavy (non-hydrogen) atoms. The number of nitrogens with zero attached hydrogens (tertiary/aromatic N) is 2. The van der Waals surface area contributed by atoms with Crippen LogP contribution in [-0.2, 0) is 4.79 Å². The Hall–Kier alpha value is -2.22. The van der Waals surface area contributed by atoms with Crippen molar-refractivity contribution in [3.63, 3.8) is 0 Å². The van der Waals surface area contributed by atoms with Gasteiger partial charge in [0.2, 0.25) is 5.91 Å². The van der Waals surface area contributed by atoms with E-state index in [0.717, 1.165) is 17.3 Å². The van der Waals surface area contributed by atoms with Crippen LogP contribution in [0.4, 0.5) is 0 Å². The van der Waals surface area contributed by atoms with Crippen LogP contribution in [0, 0.1) is 0 Å². The maximum atomic E-state index is 12.2. The molecule has 2 atom stereocenters. The second-order valence-electron chi connectivity index (χ2n) is 6.23. The molecule has 1 amide bonds. The van der Waals surface area contributed by atoms with E-state index in [1.165, 1.54) is 0 Å². The zero-order valence-electron chi connectivity index (χ0n) is 15.8. The van der Waals surface area contributed by atoms with Gasteiger partial charge in [-0.1, -0.05) is 65.3 Å². The summed E-state index contributed by atoms with van der Waals surface area (Å²) in [5, 5.41) is 12.1. The van der Waals surface area contributed by atoms with Gasteiger partial charge in [0.25, 0.3) is 11.1 Å². The number of aromatic nitrogens is 2. The van der Waals surface area contributed by atoms with Crippen molar-refractivity contribution < 1.29 is 13.9 Å². The van der Waals surface area contributed by atoms with Crippen LogP contribution in [0.2, 0.25) is 10.0 Å². The van der Waals surface area contributed by atoms with Crippen molar-refractivity contribution in [3.05, 3.63) is 70.0 Å². The van der Waals surface area contributed by atoms with Crippen molar-refractivity contribution in [1.29, 1.82) is 0 Å². The van der Waals surface area contributed by atoms with Crippen LogP contribution in [0.15, 0.2) is 58.2 Å². The van der Waals surface area contributed by atoms with Gasteiger partial charge in [-0.15, -0.1) is 10.2 Å². The Balaban J connectivity index is 1.51. The predicted molar refractivity (Wildman–Crippen MR) is 114 cm³/mol. The molecule has 2 aromatic carbocycles. The standard InChI is InChI=1S/C20H19Cl2N3O3S/c1-12(14-6-4-3-5-7-14)23-18(26)11-29-20-25-24-19(28-20)13(2)27-17-9-8-15(21)10-16(17)22/h3-10,12-13H,11H2,1-2H3,(H,23,26)/t12-,13+/m0/s1. The number of carbonyl (C=O) groups excluding carboxylic acids is 1. The average molecular weight is 452 g/mol. The fraction of sp³-hybridized carbons (Fsp3) is 0.250. The molecule has 3 rings (SSSR count). The number of hydrogen-bond donors (Lipinski definition) is 1. The van der Waals surface area contributed by atoms with E-state index in [9.17, 15) is 4.79 Å². The van der Waals surface area contributed by atoms with Gasteiger partial charge in [0.1, 0.15) is 5.75 Å². The first kappa shape index (κ1) is 21.5. The molecule has 0 fully saturated rings. The normalized spacial score (nSPS) is 13.0. The second-order valence-corrected chi connectivity index (χ2v) is 8.00. The minimum absolute atomic E-state index is 0.0832. The third kappa shape index (κ3) is 6.13. The fourth-order valence-electron chi connectivity index (χ4n) is 2.49. The maximum absolute atomic E-state index is 12.2. The molecule has 6 nitrogen and oxygen atoms in total. The lowest BCUT2D eigenvalue weighted by molar-refractivity contribution is -0.119. The quantitative estimate of drug-likeness (QED) is 0.456. The van der Waals surface area contributed by atoms with E-state index >= 15 is 0 Å². The Kier molecular flexibility index (Phi) is 7.41. The molecule has 152 valence electrons. The lowest BCUT2D eigenvalue weighted by Crippen LogP contribution is -2.28. The lowest BCUT2D eigenvalue weighted by atomic mass is 10.1. The first-order valence-corrected chi connectivity index (χ1v) is 10.6. The van der Waals surface area contributed by atoms with Gasteiger partial charge in [0.15, 0.2) is 6.10 Å². The van der Waals surface area contributed by atoms with Gasteiger partial charge in [-0.2, -0.15) is 0 Å². The highest BCUT2D eigenvalue weighted by atomic mass is 35.5. The highest BCUT2D eigenvalue weighted by Crippen LogP contribution is 2.31. The van der Waals surface area contributed by atoms with Gasteiger partial charge >= 0.3 is 0 Å². The number of carbonyl (C=O) groups is 1. The third-order valence-corrected chi connectivity index (χ3v) is 5.32. The molecule has 0 aliphatic rings. The topological polar surface area (TPSA) is 77.2 Å². The van der Waals surface area contributed by atoms with Crippen molar-refractivity contribution in [3.8, 4) is 5.75 Å². The molecule has 0 bridgehead atoms. The SMILES string of the molecule is C[C@H](NC(=O)CSc1nnc([C@@H](C)Oc2ccc(Cl)cc2Cl)o1)c1ccccc1. The van der Waals surface area contributed by atoms with Crippen molar-refractivity contribution in [2.24, 2.45) is 0 Å². The first-order chi connectivity index (χ1) is 13.9. The van der Waals surface area contributed by atoms with Gasteiger partial charge < -0.3 is 14.5 Å². The Labute approximate surface area is 182 Å². The number of nitrogens with one attached hydrogen (secondary N) is 1. The molecule has 0 radical (unpaired) electrons. The summed E-state index contributed by atoms with van der Waals surface area (Å²) in [6.45, 7) is 3.70. The molecule has 0 spiro atoms. The Morgan fingerprint density at radius 1 is 1.17 bits per heavy atom. The van der Waals surface area contributed by atoms with Gasteiger partial charge in [0, 0.05) is 5.02 Å². The van der Waals surface area contributed by atoms with Gasteiger partial charge in [-0.3, -0.25) is 4.79 Å². The van der Waals surface area contributed by atoms with Crippen LogP contribution in [0.3, 0.4) is 0 Å². The number of hydrogen-bond acceptors (Lipinski definition) is 6. The number of ether oxygens (including phenoxy) is 1. The molecule has 1 N–H and O–H groups in total. The van der Waals surface area contributed by atoms with E-state index in [1.54, 1.807) is 25.1 Å². The van der Waals surface area contributed by atoms with Gasteiger partial charge in [-0.25, -0.2) is 0 Å². The monoisotopic (exact) mass is 451 g/mol. The van der Waals surface area contributed by atoms with E-state index in [4.69, 9.17) is 32.4 Å². The average Bonchev–Trinajstić information content (AvgIpc) is 3.18. The summed E-state index contributed by atoms with van der Waals surface area (Å²) in [4.78, 5) is 12.2. The van der Waals surface area contributed by atoms with E-state index < -0.39 is 6.10 Å². The molecule has 3 aromatic rings. The molecule has 0 saturated carbocycles. The summed E-state index contributed by atoms with van der Waals surface area (Å²) >= 11 is 13.2. The van der Waals surface area contributed by atoms with Crippen LogP contribution in [0.5, 0.6) is 5.75 Å². The minimum atomic E-state index is -0.512. The van der Waals surface area contributed by atoms with Crippen LogP contribution in [0.25, 0.3) is 0 Å². The van der Waals surface area contributed by atoms with Crippen LogP contribution in [-0.4, -0.2) is 21.9 Å². The molecular weight excluding hydrogens is 433 g/mol. The number of benzene rings is 2. The summed E-state index contributed by atoms with van der Waals surface area (Å²) < 4.78 is 11.3. The molecule has 1 heterocycles. The fourth-order valence-corrected chi connectivity index (χ4v) is 3.52. The van der Waals surface area contributed by atoms with Crippen molar-refractivity contribution in [2.45, 2.75) is 31.2 Å². The summed E-state index contributed by atoms with van der Waals surface area (Å²) in [7, 11) is 0. The molecule has 1 aromatic heterocycles. The second kappa shape index (κ2) is 10.0. The summed E-state index contributed by atoms with van der Waals surface area (Å²) in [6, 6.07) is 14.6. The Bertz CT molecular complexity index is 969. The molecule has 0 aliphatic carbocycles. The van der Waals surface area contributed by atoms with E-state index in [-0.39, 0.29) is 23.6 Å². The predicted octanol–water partition coefficient (Wildman–Crippen LogP) is 5.49. The highest BCUT2D eigenvalue weighted by molar-refractivity contribution is 7.99. The van der Waals surface area contributed by atoms with Crippen molar-refractivity contribution in [1.82, 2.24) is 15.5 Å². The van der Waals surface area contributed by atoms with Crippen LogP contribution >= 0.6 is 35.0 Å². The summed E-state index contributed by atoms with van der Waals surface area (Å²) in [5.74, 6) is 0.794. The zero-order chi connectivity index (χ0) is 20.8. The van der Waals surface area contributed by atoms with Crippen LogP contribution in [0.1, 0.15) is 37.4 Å². The summed E-state index contributed by atoms with van der Waals surface area (Å²) in [5.41, 5.74) is 1.04. The number of halogens is 2. The largest absolute Gasteiger partial charge is 0.479 e. The van der Waals surface area contributed by atoms with E-state index in [0.29, 0.717) is 21.0 Å². The van der Waals surface area contributed by atoms with Crippen molar-refractivity contribution >= 4 is 40.9 Å². The lowest BCUT2D eigenvalue weighted by Gasteiger charge is -2.13. The maximum Gasteiger partial charge on any atom is 0.277 e. The smallest absolute Gasteiger partial charge is 0.277 e. The van der Waals surface area contributed by atoms with E-state index in [2.05, 4.69) is 15.5 Å². The minimum Gasteiger partial charge on any atom is -0.479 e. The zero-order valence-corrected chi connectivity index (χ0v) is 18.1. The molecule has 0 saturated heterocycles. The Morgan fingerprint density at radius 3 is 2.66 bits per heavy atom. The van der Waals surface area contributed by atoms with Gasteiger partial charge in [-0.05, 0) is 37.6 Å². The van der Waals surface area contributed by atoms with Crippen molar-refractivity contribution in [2.75, 3.05) is 5.75 Å². The third-order valence-electron chi connectivity index (χ3n) is 3.97. The number of rotatable bonds is 8. The number of thioether (sulfide) groups is 1. The molecule has 0 unspecified atom stereocenters. The van der Waals surface area contributed by atoms with Crippen LogP contribution < -0.4 is 10.1 Å². The van der Waals surface area contributed by atoms with E-state index in [1.807, 2.05) is 37.3 Å². The molecule has 9 heteroatoms. The molecule has 0 aliphatic heterocycles. The van der Waals surface area contributed by atoms with Gasteiger partial charge in [0.05, 0.1) is 16.8 Å². The molecular formula is C20H19Cl2N3O3S. The first-order valence-electron chi connectivity index (χ1n) is 8.84. The Morgan fingerprint density at radius 2 is 1.93 bits per heavy atom. The highest BCUT2D eigenvalue weighted by Gasteiger charge is 2.18. The summed E-state index contributed by atoms with van der Waals surface area (Å²) in [6.07, 6.45) is -0.512. The number of amides is 1.